The summed E-state index contributed by atoms with van der Waals surface area (Å²) in [7, 11) is 0. The summed E-state index contributed by atoms with van der Waals surface area (Å²) in [5, 5.41) is 3.25. The molecule has 4 heterocycles. The molecule has 0 radical (unpaired) electrons. The van der Waals surface area contributed by atoms with Gasteiger partial charge < -0.3 is 20.1 Å². The third-order valence-corrected chi connectivity index (χ3v) is 9.23. The van der Waals surface area contributed by atoms with Gasteiger partial charge in [-0.05, 0) is 81.6 Å². The second-order valence-electron chi connectivity index (χ2n) is 12.7. The number of amides is 3. The highest BCUT2D eigenvalue weighted by atomic mass is 16.2. The molecule has 5 atom stereocenters. The van der Waals surface area contributed by atoms with Crippen LogP contribution >= 0.6 is 0 Å². The summed E-state index contributed by atoms with van der Waals surface area (Å²) in [5.74, 6) is 1.61. The Bertz CT molecular complexity index is 1090. The molecule has 0 aliphatic carbocycles. The number of nitrogens with zero attached hydrogens (tertiary/aromatic N) is 3. The number of hydrogen-bond donors (Lipinski definition) is 2. The van der Waals surface area contributed by atoms with E-state index >= 15 is 0 Å². The van der Waals surface area contributed by atoms with E-state index in [1.807, 2.05) is 18.7 Å². The number of aromatic nitrogens is 2. The molecule has 0 spiro atoms. The fraction of sp³-hybridized carbons (Fsp3) is 0.767. The van der Waals surface area contributed by atoms with E-state index in [2.05, 4.69) is 41.0 Å². The number of hydrogen-bond acceptors (Lipinski definition) is 5. The van der Waals surface area contributed by atoms with Gasteiger partial charge in [0.15, 0.2) is 0 Å². The number of aryl methyl sites for hydroxylation is 2. The molecule has 3 saturated heterocycles. The van der Waals surface area contributed by atoms with Gasteiger partial charge in [0.2, 0.25) is 17.7 Å². The smallest absolute Gasteiger partial charge is 0.345 e. The Labute approximate surface area is 232 Å². The molecule has 2 bridgehead atoms. The molecule has 3 aliphatic rings. The molecular weight excluding hydrogens is 494 g/mol. The highest BCUT2D eigenvalue weighted by Crippen LogP contribution is 2.37. The molecule has 3 aliphatic heterocycles. The number of fused-ring (bicyclic) bond motifs is 4. The van der Waals surface area contributed by atoms with Crippen LogP contribution in [0.4, 0.5) is 0 Å². The second-order valence-corrected chi connectivity index (χ2v) is 12.7. The van der Waals surface area contributed by atoms with Crippen molar-refractivity contribution >= 4 is 17.7 Å². The van der Waals surface area contributed by atoms with Gasteiger partial charge in [0.05, 0.1) is 0 Å². The maximum atomic E-state index is 13.6. The minimum atomic E-state index is -0.359. The summed E-state index contributed by atoms with van der Waals surface area (Å²) in [6.07, 6.45) is 6.32. The number of rotatable bonds is 4. The molecule has 216 valence electrons. The quantitative estimate of drug-likeness (QED) is 0.608. The van der Waals surface area contributed by atoms with Crippen molar-refractivity contribution in [3.05, 3.63) is 27.4 Å². The summed E-state index contributed by atoms with van der Waals surface area (Å²) in [4.78, 5) is 62.1. The zero-order valence-electron chi connectivity index (χ0n) is 24.4. The topological polar surface area (TPSA) is 115 Å². The van der Waals surface area contributed by atoms with Crippen LogP contribution in [0.5, 0.6) is 0 Å². The van der Waals surface area contributed by atoms with Crippen molar-refractivity contribution in [1.29, 1.82) is 0 Å². The van der Waals surface area contributed by atoms with Gasteiger partial charge in [0.25, 0.3) is 0 Å². The standard InChI is InChI=1S/C30H47N5O4/c1-18(2)25-11-9-19(3)13-29(38)35-16-22-14-23(26(35)7-6-8-27(36)33-25)17-34(15-22)28(37)12-10-24-20(4)31-30(39)32-21(24)5/h18-19,22-23,25-26H,6-17H2,1-5H3,(H,33,36)(H,31,32,39)/t19-,22+,23-,25+,26+/m1/s1. The summed E-state index contributed by atoms with van der Waals surface area (Å²) in [6, 6.07) is 0.218. The van der Waals surface area contributed by atoms with Crippen LogP contribution in [0.15, 0.2) is 4.79 Å². The van der Waals surface area contributed by atoms with Crippen LogP contribution < -0.4 is 11.0 Å². The second kappa shape index (κ2) is 12.6. The number of nitrogens with one attached hydrogen (secondary N) is 2. The Morgan fingerprint density at radius 1 is 1.08 bits per heavy atom. The molecule has 39 heavy (non-hydrogen) atoms. The number of carbonyl (C=O) groups is 3. The molecule has 4 rings (SSSR count). The van der Waals surface area contributed by atoms with Gasteiger partial charge in [-0.25, -0.2) is 4.79 Å². The van der Waals surface area contributed by atoms with Gasteiger partial charge in [-0.15, -0.1) is 0 Å². The van der Waals surface area contributed by atoms with Crippen LogP contribution in [0, 0.1) is 37.5 Å². The van der Waals surface area contributed by atoms with E-state index in [-0.39, 0.29) is 53.2 Å². The third-order valence-electron chi connectivity index (χ3n) is 9.23. The Balaban J connectivity index is 1.44. The predicted molar refractivity (Wildman–Crippen MR) is 150 cm³/mol. The van der Waals surface area contributed by atoms with E-state index in [1.54, 1.807) is 0 Å². The predicted octanol–water partition coefficient (Wildman–Crippen LogP) is 3.13. The first-order valence-electron chi connectivity index (χ1n) is 14.9. The Morgan fingerprint density at radius 3 is 2.56 bits per heavy atom. The molecule has 9 heteroatoms. The Hall–Kier alpha value is -2.71. The number of H-pyrrole nitrogens is 1. The average molecular weight is 542 g/mol. The highest BCUT2D eigenvalue weighted by Gasteiger charge is 2.43. The number of likely N-dealkylation sites (tertiary alicyclic amines) is 1. The van der Waals surface area contributed by atoms with E-state index in [0.29, 0.717) is 56.9 Å². The van der Waals surface area contributed by atoms with Crippen LogP contribution in [0.3, 0.4) is 0 Å². The van der Waals surface area contributed by atoms with Crippen LogP contribution in [-0.4, -0.2) is 69.2 Å². The number of carbonyl (C=O) groups excluding carboxylic acids is 3. The SMILES string of the molecule is Cc1nc(=O)[nH]c(C)c1CCC(=O)N1C[C@@H]2C[C@H](C1)[C@@H]1CCCC(=O)N[C@H](C(C)C)CC[C@@H](C)CC(=O)N1C2. The van der Waals surface area contributed by atoms with Gasteiger partial charge in [0, 0.05) is 62.4 Å². The minimum Gasteiger partial charge on any atom is -0.353 e. The molecule has 1 aromatic heterocycles. The third kappa shape index (κ3) is 7.28. The van der Waals surface area contributed by atoms with Crippen molar-refractivity contribution < 1.29 is 14.4 Å². The van der Waals surface area contributed by atoms with Crippen molar-refractivity contribution in [3.8, 4) is 0 Å². The first-order valence-corrected chi connectivity index (χ1v) is 14.9. The fourth-order valence-electron chi connectivity index (χ4n) is 7.03. The lowest BCUT2D eigenvalue weighted by molar-refractivity contribution is -0.146. The molecule has 2 N–H and O–H groups in total. The van der Waals surface area contributed by atoms with Crippen molar-refractivity contribution in [2.24, 2.45) is 23.7 Å². The molecule has 3 fully saturated rings. The largest absolute Gasteiger partial charge is 0.353 e. The summed E-state index contributed by atoms with van der Waals surface area (Å²) in [6.45, 7) is 12.1. The van der Waals surface area contributed by atoms with Gasteiger partial charge in [0.1, 0.15) is 0 Å². The molecule has 9 nitrogen and oxygen atoms in total. The van der Waals surface area contributed by atoms with Gasteiger partial charge in [-0.3, -0.25) is 14.4 Å². The summed E-state index contributed by atoms with van der Waals surface area (Å²) < 4.78 is 0. The maximum Gasteiger partial charge on any atom is 0.345 e. The van der Waals surface area contributed by atoms with E-state index < -0.39 is 0 Å². The van der Waals surface area contributed by atoms with Gasteiger partial charge in [-0.2, -0.15) is 4.98 Å². The van der Waals surface area contributed by atoms with E-state index in [1.165, 1.54) is 0 Å². The van der Waals surface area contributed by atoms with Crippen LogP contribution in [0.2, 0.25) is 0 Å². The normalized spacial score (nSPS) is 28.7. The summed E-state index contributed by atoms with van der Waals surface area (Å²) in [5.41, 5.74) is 2.02. The van der Waals surface area contributed by atoms with Crippen molar-refractivity contribution in [3.63, 3.8) is 0 Å². The van der Waals surface area contributed by atoms with Crippen molar-refractivity contribution in [1.82, 2.24) is 25.1 Å². The number of piperidine rings is 2. The molecule has 1 aromatic rings. The molecule has 0 aromatic carbocycles. The van der Waals surface area contributed by atoms with Crippen LogP contribution in [0.25, 0.3) is 0 Å². The number of aromatic amines is 1. The fourth-order valence-corrected chi connectivity index (χ4v) is 7.03. The lowest BCUT2D eigenvalue weighted by atomic mass is 9.77. The molecule has 3 amide bonds. The van der Waals surface area contributed by atoms with Crippen LogP contribution in [0.1, 0.15) is 89.1 Å². The van der Waals surface area contributed by atoms with Gasteiger partial charge >= 0.3 is 5.69 Å². The van der Waals surface area contributed by atoms with Gasteiger partial charge in [-0.1, -0.05) is 20.8 Å². The lowest BCUT2D eigenvalue weighted by Gasteiger charge is -2.51. The van der Waals surface area contributed by atoms with E-state index in [4.69, 9.17) is 0 Å². The first kappa shape index (κ1) is 29.3. The van der Waals surface area contributed by atoms with E-state index in [9.17, 15) is 19.2 Å². The van der Waals surface area contributed by atoms with Crippen molar-refractivity contribution in [2.75, 3.05) is 19.6 Å². The minimum absolute atomic E-state index is 0.0684. The Kier molecular flexibility index (Phi) is 9.49. The highest BCUT2D eigenvalue weighted by molar-refractivity contribution is 5.78. The summed E-state index contributed by atoms with van der Waals surface area (Å²) >= 11 is 0. The average Bonchev–Trinajstić information content (AvgIpc) is 2.86. The zero-order chi connectivity index (χ0) is 28.3. The van der Waals surface area contributed by atoms with Crippen molar-refractivity contribution in [2.45, 2.75) is 104 Å². The van der Waals surface area contributed by atoms with E-state index in [0.717, 1.165) is 43.4 Å². The zero-order valence-corrected chi connectivity index (χ0v) is 24.4. The molecule has 0 unspecified atom stereocenters. The Morgan fingerprint density at radius 2 is 1.85 bits per heavy atom. The molecule has 0 saturated carbocycles. The van der Waals surface area contributed by atoms with Crippen LogP contribution in [-0.2, 0) is 20.8 Å². The lowest BCUT2D eigenvalue weighted by Crippen LogP contribution is -2.60. The monoisotopic (exact) mass is 541 g/mol. The first-order chi connectivity index (χ1) is 18.5. The maximum absolute atomic E-state index is 13.6. The molecular formula is C30H47N5O4.